The van der Waals surface area contributed by atoms with E-state index in [4.69, 9.17) is 10.5 Å². The zero-order chi connectivity index (χ0) is 11.8. The number of ether oxygens (including phenoxy) is 1. The number of rotatable bonds is 7. The molecule has 1 rings (SSSR count). The first-order valence-corrected chi connectivity index (χ1v) is 5.43. The molecule has 0 bridgehead atoms. The molecule has 3 nitrogen and oxygen atoms in total. The van der Waals surface area contributed by atoms with E-state index < -0.39 is 0 Å². The molecular formula is C13H20N2O. The van der Waals surface area contributed by atoms with Crippen LogP contribution in [0.2, 0.25) is 0 Å². The van der Waals surface area contributed by atoms with E-state index in [1.807, 2.05) is 24.3 Å². The van der Waals surface area contributed by atoms with E-state index in [2.05, 4.69) is 17.5 Å². The summed E-state index contributed by atoms with van der Waals surface area (Å²) < 4.78 is 5.08. The Morgan fingerprint density at radius 3 is 2.94 bits per heavy atom. The highest BCUT2D eigenvalue weighted by molar-refractivity contribution is 5.40. The molecule has 16 heavy (non-hydrogen) atoms. The van der Waals surface area contributed by atoms with Crippen molar-refractivity contribution in [3.63, 3.8) is 0 Å². The minimum atomic E-state index is 0.732. The number of nitrogens with zero attached hydrogens (tertiary/aromatic N) is 1. The molecule has 0 atom stereocenters. The number of benzene rings is 1. The summed E-state index contributed by atoms with van der Waals surface area (Å²) in [7, 11) is 1.71. The molecule has 0 aliphatic rings. The van der Waals surface area contributed by atoms with Gasteiger partial charge >= 0.3 is 0 Å². The Balaban J connectivity index is 2.56. The quantitative estimate of drug-likeness (QED) is 0.563. The van der Waals surface area contributed by atoms with E-state index in [9.17, 15) is 0 Å². The van der Waals surface area contributed by atoms with Gasteiger partial charge in [0.05, 0.1) is 6.61 Å². The van der Waals surface area contributed by atoms with Gasteiger partial charge in [0.1, 0.15) is 0 Å². The van der Waals surface area contributed by atoms with Gasteiger partial charge in [0, 0.05) is 32.4 Å². The minimum absolute atomic E-state index is 0.732. The molecule has 0 amide bonds. The fourth-order valence-corrected chi connectivity index (χ4v) is 1.59. The average Bonchev–Trinajstić information content (AvgIpc) is 2.26. The van der Waals surface area contributed by atoms with Gasteiger partial charge < -0.3 is 10.5 Å². The Bertz CT molecular complexity index is 325. The Kier molecular flexibility index (Phi) is 5.61. The van der Waals surface area contributed by atoms with Gasteiger partial charge in [-0.2, -0.15) is 0 Å². The summed E-state index contributed by atoms with van der Waals surface area (Å²) >= 11 is 0. The maximum absolute atomic E-state index is 5.75. The Morgan fingerprint density at radius 2 is 2.31 bits per heavy atom. The maximum atomic E-state index is 5.75. The van der Waals surface area contributed by atoms with Crippen molar-refractivity contribution in [3.05, 3.63) is 42.5 Å². The van der Waals surface area contributed by atoms with Crippen LogP contribution in [0.1, 0.15) is 5.56 Å². The fraction of sp³-hybridized carbons (Fsp3) is 0.385. The van der Waals surface area contributed by atoms with Gasteiger partial charge in [0.25, 0.3) is 0 Å². The van der Waals surface area contributed by atoms with Crippen LogP contribution >= 0.6 is 0 Å². The molecule has 0 spiro atoms. The highest BCUT2D eigenvalue weighted by Crippen LogP contribution is 2.09. The van der Waals surface area contributed by atoms with E-state index in [0.29, 0.717) is 0 Å². The number of methoxy groups -OCH3 is 1. The first-order chi connectivity index (χ1) is 7.76. The molecule has 0 unspecified atom stereocenters. The lowest BCUT2D eigenvalue weighted by Crippen LogP contribution is -2.27. The number of nitrogen functional groups attached to an aromatic ring is 1. The van der Waals surface area contributed by atoms with E-state index in [0.717, 1.165) is 31.9 Å². The number of hydrogen-bond donors (Lipinski definition) is 1. The fourth-order valence-electron chi connectivity index (χ4n) is 1.59. The highest BCUT2D eigenvalue weighted by Gasteiger charge is 2.03. The maximum Gasteiger partial charge on any atom is 0.0589 e. The van der Waals surface area contributed by atoms with Gasteiger partial charge in [-0.05, 0) is 17.7 Å². The van der Waals surface area contributed by atoms with E-state index >= 15 is 0 Å². The molecule has 1 aromatic carbocycles. The highest BCUT2D eigenvalue weighted by atomic mass is 16.5. The third-order valence-electron chi connectivity index (χ3n) is 2.36. The van der Waals surface area contributed by atoms with E-state index in [-0.39, 0.29) is 0 Å². The molecule has 0 saturated heterocycles. The second-order valence-corrected chi connectivity index (χ2v) is 3.76. The molecule has 0 radical (unpaired) electrons. The SMILES string of the molecule is C=CCN(CCOC)Cc1cccc(N)c1. The van der Waals surface area contributed by atoms with Crippen molar-refractivity contribution in [1.29, 1.82) is 0 Å². The zero-order valence-electron chi connectivity index (χ0n) is 9.86. The Hall–Kier alpha value is -1.32. The molecule has 0 aromatic heterocycles. The van der Waals surface area contributed by atoms with Gasteiger partial charge in [-0.3, -0.25) is 4.90 Å². The van der Waals surface area contributed by atoms with Crippen LogP contribution < -0.4 is 5.73 Å². The first kappa shape index (κ1) is 12.7. The standard InChI is InChI=1S/C13H20N2O/c1-3-7-15(8-9-16-2)11-12-5-4-6-13(14)10-12/h3-6,10H,1,7-9,11,14H2,2H3. The summed E-state index contributed by atoms with van der Waals surface area (Å²) in [5.74, 6) is 0. The zero-order valence-corrected chi connectivity index (χ0v) is 9.86. The van der Waals surface area contributed by atoms with Gasteiger partial charge in [-0.1, -0.05) is 18.2 Å². The molecule has 2 N–H and O–H groups in total. The lowest BCUT2D eigenvalue weighted by molar-refractivity contribution is 0.151. The van der Waals surface area contributed by atoms with Crippen LogP contribution in [0.4, 0.5) is 5.69 Å². The van der Waals surface area contributed by atoms with Crippen LogP contribution in [0.5, 0.6) is 0 Å². The molecule has 0 aliphatic carbocycles. The molecule has 0 heterocycles. The number of anilines is 1. The number of hydrogen-bond acceptors (Lipinski definition) is 3. The van der Waals surface area contributed by atoms with E-state index in [1.54, 1.807) is 7.11 Å². The van der Waals surface area contributed by atoms with Gasteiger partial charge in [-0.15, -0.1) is 6.58 Å². The van der Waals surface area contributed by atoms with Crippen LogP contribution in [-0.2, 0) is 11.3 Å². The summed E-state index contributed by atoms with van der Waals surface area (Å²) in [4.78, 5) is 2.27. The monoisotopic (exact) mass is 220 g/mol. The topological polar surface area (TPSA) is 38.5 Å². The van der Waals surface area contributed by atoms with Gasteiger partial charge in [0.2, 0.25) is 0 Å². The van der Waals surface area contributed by atoms with Crippen LogP contribution in [0.15, 0.2) is 36.9 Å². The van der Waals surface area contributed by atoms with Crippen molar-refractivity contribution in [2.45, 2.75) is 6.54 Å². The molecule has 0 saturated carbocycles. The molecule has 0 fully saturated rings. The van der Waals surface area contributed by atoms with Crippen LogP contribution in [-0.4, -0.2) is 31.7 Å². The van der Waals surface area contributed by atoms with Crippen molar-refractivity contribution in [3.8, 4) is 0 Å². The van der Waals surface area contributed by atoms with Gasteiger partial charge in [0.15, 0.2) is 0 Å². The van der Waals surface area contributed by atoms with Crippen molar-refractivity contribution in [2.75, 3.05) is 32.5 Å². The summed E-state index contributed by atoms with van der Waals surface area (Å²) in [5.41, 5.74) is 7.77. The van der Waals surface area contributed by atoms with Crippen LogP contribution in [0.3, 0.4) is 0 Å². The lowest BCUT2D eigenvalue weighted by atomic mass is 10.2. The second-order valence-electron chi connectivity index (χ2n) is 3.76. The van der Waals surface area contributed by atoms with Crippen molar-refractivity contribution >= 4 is 5.69 Å². The predicted molar refractivity (Wildman–Crippen MR) is 68.2 cm³/mol. The third-order valence-corrected chi connectivity index (χ3v) is 2.36. The van der Waals surface area contributed by atoms with Crippen molar-refractivity contribution in [1.82, 2.24) is 4.90 Å². The van der Waals surface area contributed by atoms with Crippen LogP contribution in [0, 0.1) is 0 Å². The first-order valence-electron chi connectivity index (χ1n) is 5.43. The smallest absolute Gasteiger partial charge is 0.0589 e. The average molecular weight is 220 g/mol. The predicted octanol–water partition coefficient (Wildman–Crippen LogP) is 1.90. The van der Waals surface area contributed by atoms with Crippen LogP contribution in [0.25, 0.3) is 0 Å². The molecule has 3 heteroatoms. The molecule has 1 aromatic rings. The summed E-state index contributed by atoms with van der Waals surface area (Å²) in [6.45, 7) is 7.13. The van der Waals surface area contributed by atoms with E-state index in [1.165, 1.54) is 5.56 Å². The largest absolute Gasteiger partial charge is 0.399 e. The molecule has 0 aliphatic heterocycles. The Morgan fingerprint density at radius 1 is 1.50 bits per heavy atom. The van der Waals surface area contributed by atoms with Crippen molar-refractivity contribution in [2.24, 2.45) is 0 Å². The summed E-state index contributed by atoms with van der Waals surface area (Å²) in [5, 5.41) is 0. The third kappa shape index (κ3) is 4.47. The van der Waals surface area contributed by atoms with Gasteiger partial charge in [-0.25, -0.2) is 0 Å². The lowest BCUT2D eigenvalue weighted by Gasteiger charge is -2.20. The number of nitrogens with two attached hydrogens (primary N) is 1. The normalized spacial score (nSPS) is 10.6. The Labute approximate surface area is 97.5 Å². The van der Waals surface area contributed by atoms with Crippen molar-refractivity contribution < 1.29 is 4.74 Å². The minimum Gasteiger partial charge on any atom is -0.399 e. The summed E-state index contributed by atoms with van der Waals surface area (Å²) in [6, 6.07) is 7.96. The molecule has 88 valence electrons. The summed E-state index contributed by atoms with van der Waals surface area (Å²) in [6.07, 6.45) is 1.90. The second kappa shape index (κ2) is 7.04. The molecular weight excluding hydrogens is 200 g/mol.